The second-order valence-corrected chi connectivity index (χ2v) is 6.74. The van der Waals surface area contributed by atoms with Gasteiger partial charge in [0.1, 0.15) is 0 Å². The van der Waals surface area contributed by atoms with E-state index >= 15 is 0 Å². The SMILES string of the molecule is CN(CCCNC(=O)c1ccc2c(c1)CNCC2)Cc1ccccc1. The van der Waals surface area contributed by atoms with Crippen molar-refractivity contribution in [2.24, 2.45) is 0 Å². The second kappa shape index (κ2) is 8.79. The van der Waals surface area contributed by atoms with Crippen LogP contribution in [0.3, 0.4) is 0 Å². The van der Waals surface area contributed by atoms with Crippen molar-refractivity contribution in [3.63, 3.8) is 0 Å². The minimum absolute atomic E-state index is 0.0269. The molecule has 132 valence electrons. The molecule has 0 aliphatic carbocycles. The summed E-state index contributed by atoms with van der Waals surface area (Å²) in [6, 6.07) is 16.5. The highest BCUT2D eigenvalue weighted by molar-refractivity contribution is 5.94. The highest BCUT2D eigenvalue weighted by Gasteiger charge is 2.12. The number of hydrogen-bond acceptors (Lipinski definition) is 3. The molecule has 0 unspecified atom stereocenters. The molecule has 0 fully saturated rings. The molecule has 0 spiro atoms. The topological polar surface area (TPSA) is 44.4 Å². The molecule has 4 nitrogen and oxygen atoms in total. The maximum atomic E-state index is 12.3. The van der Waals surface area contributed by atoms with Crippen molar-refractivity contribution in [3.8, 4) is 0 Å². The van der Waals surface area contributed by atoms with Gasteiger partial charge in [-0.1, -0.05) is 36.4 Å². The van der Waals surface area contributed by atoms with Gasteiger partial charge in [0, 0.05) is 25.2 Å². The number of nitrogens with one attached hydrogen (secondary N) is 2. The number of hydrogen-bond donors (Lipinski definition) is 2. The Balaban J connectivity index is 1.40. The molecule has 3 rings (SSSR count). The van der Waals surface area contributed by atoms with Crippen LogP contribution in [0.15, 0.2) is 48.5 Å². The van der Waals surface area contributed by atoms with Crippen molar-refractivity contribution in [1.82, 2.24) is 15.5 Å². The summed E-state index contributed by atoms with van der Waals surface area (Å²) in [4.78, 5) is 14.6. The van der Waals surface area contributed by atoms with Gasteiger partial charge in [-0.2, -0.15) is 0 Å². The molecule has 1 aliphatic rings. The van der Waals surface area contributed by atoms with Crippen molar-refractivity contribution in [2.45, 2.75) is 25.9 Å². The van der Waals surface area contributed by atoms with Gasteiger partial charge < -0.3 is 15.5 Å². The first-order valence-electron chi connectivity index (χ1n) is 9.05. The molecule has 1 amide bonds. The Morgan fingerprint density at radius 2 is 2.00 bits per heavy atom. The van der Waals surface area contributed by atoms with Crippen LogP contribution in [0.4, 0.5) is 0 Å². The molecule has 0 bridgehead atoms. The Labute approximate surface area is 150 Å². The summed E-state index contributed by atoms with van der Waals surface area (Å²) in [5.41, 5.74) is 4.69. The zero-order chi connectivity index (χ0) is 17.5. The van der Waals surface area contributed by atoms with Gasteiger partial charge in [-0.05, 0) is 61.8 Å². The van der Waals surface area contributed by atoms with Gasteiger partial charge >= 0.3 is 0 Å². The molecule has 0 radical (unpaired) electrons. The fourth-order valence-corrected chi connectivity index (χ4v) is 3.25. The average Bonchev–Trinajstić information content (AvgIpc) is 2.65. The van der Waals surface area contributed by atoms with Crippen LogP contribution in [0.25, 0.3) is 0 Å². The number of carbonyl (C=O) groups is 1. The Kier molecular flexibility index (Phi) is 6.20. The van der Waals surface area contributed by atoms with E-state index in [2.05, 4.69) is 52.9 Å². The number of carbonyl (C=O) groups excluding carboxylic acids is 1. The van der Waals surface area contributed by atoms with Gasteiger partial charge in [-0.3, -0.25) is 4.79 Å². The zero-order valence-electron chi connectivity index (χ0n) is 14.9. The third-order valence-electron chi connectivity index (χ3n) is 4.65. The van der Waals surface area contributed by atoms with E-state index in [0.717, 1.165) is 44.6 Å². The van der Waals surface area contributed by atoms with Crippen LogP contribution in [0, 0.1) is 0 Å². The average molecular weight is 337 g/mol. The van der Waals surface area contributed by atoms with Crippen molar-refractivity contribution < 1.29 is 4.79 Å². The van der Waals surface area contributed by atoms with Crippen LogP contribution < -0.4 is 10.6 Å². The molecule has 1 aliphatic heterocycles. The molecule has 0 saturated heterocycles. The fraction of sp³-hybridized carbons (Fsp3) is 0.381. The number of nitrogens with zero attached hydrogens (tertiary/aromatic N) is 1. The first-order valence-corrected chi connectivity index (χ1v) is 9.05. The summed E-state index contributed by atoms with van der Waals surface area (Å²) in [5, 5.41) is 6.39. The first kappa shape index (κ1) is 17.6. The smallest absolute Gasteiger partial charge is 0.251 e. The highest BCUT2D eigenvalue weighted by Crippen LogP contribution is 2.15. The monoisotopic (exact) mass is 337 g/mol. The quantitative estimate of drug-likeness (QED) is 0.763. The molecule has 0 aromatic heterocycles. The lowest BCUT2D eigenvalue weighted by molar-refractivity contribution is 0.0951. The summed E-state index contributed by atoms with van der Waals surface area (Å²) in [7, 11) is 2.12. The van der Waals surface area contributed by atoms with Crippen LogP contribution in [0.2, 0.25) is 0 Å². The van der Waals surface area contributed by atoms with Crippen molar-refractivity contribution in [2.75, 3.05) is 26.7 Å². The van der Waals surface area contributed by atoms with Gasteiger partial charge in [-0.15, -0.1) is 0 Å². The molecular formula is C21H27N3O. The fourth-order valence-electron chi connectivity index (χ4n) is 3.25. The van der Waals surface area contributed by atoms with Gasteiger partial charge in [0.2, 0.25) is 0 Å². The first-order chi connectivity index (χ1) is 12.2. The summed E-state index contributed by atoms with van der Waals surface area (Å²) in [6.07, 6.45) is 1.99. The lowest BCUT2D eigenvalue weighted by atomic mass is 9.98. The standard InChI is InChI=1S/C21H27N3O/c1-24(16-17-6-3-2-4-7-17)13-5-11-23-21(25)19-9-8-18-10-12-22-15-20(18)14-19/h2-4,6-9,14,22H,5,10-13,15-16H2,1H3,(H,23,25). The third-order valence-corrected chi connectivity index (χ3v) is 4.65. The number of amides is 1. The molecule has 2 N–H and O–H groups in total. The number of fused-ring (bicyclic) bond motifs is 1. The summed E-state index contributed by atoms with van der Waals surface area (Å²) >= 11 is 0. The van der Waals surface area contributed by atoms with Gasteiger partial charge in [0.25, 0.3) is 5.91 Å². The molecule has 0 saturated carbocycles. The van der Waals surface area contributed by atoms with Crippen molar-refractivity contribution >= 4 is 5.91 Å². The summed E-state index contributed by atoms with van der Waals surface area (Å²) in [5.74, 6) is 0.0269. The maximum Gasteiger partial charge on any atom is 0.251 e. The molecular weight excluding hydrogens is 310 g/mol. The van der Waals surface area contributed by atoms with Crippen LogP contribution in [0.5, 0.6) is 0 Å². The van der Waals surface area contributed by atoms with E-state index in [9.17, 15) is 4.79 Å². The van der Waals surface area contributed by atoms with Gasteiger partial charge in [-0.25, -0.2) is 0 Å². The third kappa shape index (κ3) is 5.15. The number of benzene rings is 2. The molecule has 0 atom stereocenters. The summed E-state index contributed by atoms with van der Waals surface area (Å²) in [6.45, 7) is 4.49. The van der Waals surface area contributed by atoms with Crippen LogP contribution >= 0.6 is 0 Å². The minimum atomic E-state index is 0.0269. The minimum Gasteiger partial charge on any atom is -0.352 e. The Morgan fingerprint density at radius 1 is 1.16 bits per heavy atom. The van der Waals surface area contributed by atoms with E-state index in [1.807, 2.05) is 18.2 Å². The lowest BCUT2D eigenvalue weighted by Gasteiger charge is -2.18. The van der Waals surface area contributed by atoms with E-state index in [-0.39, 0.29) is 5.91 Å². The summed E-state index contributed by atoms with van der Waals surface area (Å²) < 4.78 is 0. The zero-order valence-corrected chi connectivity index (χ0v) is 14.9. The number of rotatable bonds is 7. The van der Waals surface area contributed by atoms with Gasteiger partial charge in [0.15, 0.2) is 0 Å². The van der Waals surface area contributed by atoms with Crippen LogP contribution in [0.1, 0.15) is 33.5 Å². The van der Waals surface area contributed by atoms with Crippen LogP contribution in [-0.4, -0.2) is 37.5 Å². The lowest BCUT2D eigenvalue weighted by Crippen LogP contribution is -2.29. The Morgan fingerprint density at radius 3 is 2.84 bits per heavy atom. The Hall–Kier alpha value is -2.17. The Bertz CT molecular complexity index is 700. The van der Waals surface area contributed by atoms with Crippen LogP contribution in [-0.2, 0) is 19.5 Å². The van der Waals surface area contributed by atoms with Crippen molar-refractivity contribution in [1.29, 1.82) is 0 Å². The van der Waals surface area contributed by atoms with E-state index in [0.29, 0.717) is 6.54 Å². The predicted octanol–water partition coefficient (Wildman–Crippen LogP) is 2.58. The normalized spacial score (nSPS) is 13.5. The molecule has 2 aromatic carbocycles. The molecule has 2 aromatic rings. The van der Waals surface area contributed by atoms with Gasteiger partial charge in [0.05, 0.1) is 0 Å². The maximum absolute atomic E-state index is 12.3. The predicted molar refractivity (Wildman–Crippen MR) is 102 cm³/mol. The van der Waals surface area contributed by atoms with E-state index in [4.69, 9.17) is 0 Å². The molecule has 25 heavy (non-hydrogen) atoms. The second-order valence-electron chi connectivity index (χ2n) is 6.74. The molecule has 4 heteroatoms. The largest absolute Gasteiger partial charge is 0.352 e. The van der Waals surface area contributed by atoms with E-state index in [1.54, 1.807) is 0 Å². The van der Waals surface area contributed by atoms with E-state index in [1.165, 1.54) is 16.7 Å². The van der Waals surface area contributed by atoms with Crippen molar-refractivity contribution in [3.05, 3.63) is 70.8 Å². The molecule has 1 heterocycles. The highest BCUT2D eigenvalue weighted by atomic mass is 16.1. The van der Waals surface area contributed by atoms with E-state index < -0.39 is 0 Å².